The maximum Gasteiger partial charge on any atom is 0.421 e. The standard InChI is InChI=1S/C23H22F3IN4O/c24-23(25,26)18-14-28-22(29-16-12-10-15(27)11-13-16)31-21(18)30-19-8-4-5-9-20(19)32-17-6-2-1-3-7-17/h4-5,8-14,17H,1-3,6-7H2,(H2,28,29,30,31). The molecule has 1 aromatic heterocycles. The highest BCUT2D eigenvalue weighted by molar-refractivity contribution is 14.1. The Morgan fingerprint density at radius 2 is 1.66 bits per heavy atom. The van der Waals surface area contributed by atoms with Gasteiger partial charge in [-0.05, 0) is 84.7 Å². The van der Waals surface area contributed by atoms with E-state index in [-0.39, 0.29) is 17.9 Å². The molecule has 0 atom stereocenters. The zero-order valence-electron chi connectivity index (χ0n) is 17.1. The summed E-state index contributed by atoms with van der Waals surface area (Å²) in [5.41, 5.74) is 0.165. The molecule has 168 valence electrons. The first-order valence-corrected chi connectivity index (χ1v) is 11.5. The second-order valence-electron chi connectivity index (χ2n) is 7.58. The molecular formula is C23H22F3IN4O. The quantitative estimate of drug-likeness (QED) is 0.314. The number of benzene rings is 2. The summed E-state index contributed by atoms with van der Waals surface area (Å²) < 4.78 is 48.1. The Balaban J connectivity index is 1.62. The van der Waals surface area contributed by atoms with Crippen LogP contribution in [0.3, 0.4) is 0 Å². The van der Waals surface area contributed by atoms with Gasteiger partial charge in [-0.15, -0.1) is 0 Å². The predicted octanol–water partition coefficient (Wildman–Crippen LogP) is 7.30. The van der Waals surface area contributed by atoms with Crippen LogP contribution in [0.15, 0.2) is 54.7 Å². The predicted molar refractivity (Wildman–Crippen MR) is 127 cm³/mol. The van der Waals surface area contributed by atoms with Crippen molar-refractivity contribution in [3.63, 3.8) is 0 Å². The first-order chi connectivity index (χ1) is 15.4. The van der Waals surface area contributed by atoms with Crippen LogP contribution >= 0.6 is 22.6 Å². The lowest BCUT2D eigenvalue weighted by Gasteiger charge is -2.24. The van der Waals surface area contributed by atoms with Crippen LogP contribution in [0.1, 0.15) is 37.7 Å². The van der Waals surface area contributed by atoms with E-state index in [2.05, 4.69) is 43.2 Å². The smallest absolute Gasteiger partial charge is 0.421 e. The van der Waals surface area contributed by atoms with Crippen LogP contribution in [0, 0.1) is 3.57 Å². The molecule has 2 aromatic carbocycles. The monoisotopic (exact) mass is 554 g/mol. The zero-order chi connectivity index (χ0) is 22.6. The van der Waals surface area contributed by atoms with Gasteiger partial charge in [-0.25, -0.2) is 4.98 Å². The fraction of sp³-hybridized carbons (Fsp3) is 0.304. The SMILES string of the molecule is FC(F)(F)c1cnc(Nc2ccc(I)cc2)nc1Nc1ccccc1OC1CCCCC1. The van der Waals surface area contributed by atoms with Crippen molar-refractivity contribution in [3.8, 4) is 5.75 Å². The highest BCUT2D eigenvalue weighted by Gasteiger charge is 2.35. The van der Waals surface area contributed by atoms with E-state index in [4.69, 9.17) is 4.74 Å². The number of aromatic nitrogens is 2. The molecule has 1 heterocycles. The maximum atomic E-state index is 13.7. The van der Waals surface area contributed by atoms with Gasteiger partial charge in [-0.1, -0.05) is 18.6 Å². The minimum absolute atomic E-state index is 0.0624. The van der Waals surface area contributed by atoms with Crippen molar-refractivity contribution in [1.82, 2.24) is 9.97 Å². The molecule has 1 aliphatic rings. The third kappa shape index (κ3) is 5.81. The number of nitrogens with zero attached hydrogens (tertiary/aromatic N) is 2. The molecule has 0 unspecified atom stereocenters. The van der Waals surface area contributed by atoms with E-state index in [0.717, 1.165) is 35.5 Å². The Bertz CT molecular complexity index is 1050. The summed E-state index contributed by atoms with van der Waals surface area (Å²) in [5.74, 6) is 0.242. The molecule has 2 N–H and O–H groups in total. The van der Waals surface area contributed by atoms with E-state index in [1.807, 2.05) is 24.3 Å². The number of nitrogens with one attached hydrogen (secondary N) is 2. The van der Waals surface area contributed by atoms with E-state index in [1.54, 1.807) is 24.3 Å². The second-order valence-corrected chi connectivity index (χ2v) is 8.83. The van der Waals surface area contributed by atoms with E-state index in [1.165, 1.54) is 6.42 Å². The van der Waals surface area contributed by atoms with Crippen molar-refractivity contribution in [3.05, 3.63) is 63.9 Å². The highest BCUT2D eigenvalue weighted by atomic mass is 127. The van der Waals surface area contributed by atoms with Gasteiger partial charge in [0.05, 0.1) is 11.8 Å². The average molecular weight is 554 g/mol. The summed E-state index contributed by atoms with van der Waals surface area (Å²) in [6, 6.07) is 14.4. The van der Waals surface area contributed by atoms with Gasteiger partial charge in [0.15, 0.2) is 0 Å². The summed E-state index contributed by atoms with van der Waals surface area (Å²) in [7, 11) is 0. The fourth-order valence-electron chi connectivity index (χ4n) is 3.57. The Hall–Kier alpha value is -2.56. The number of halogens is 4. The Morgan fingerprint density at radius 1 is 0.938 bits per heavy atom. The molecule has 9 heteroatoms. The number of hydrogen-bond donors (Lipinski definition) is 2. The van der Waals surface area contributed by atoms with E-state index in [9.17, 15) is 13.2 Å². The molecule has 0 spiro atoms. The lowest BCUT2D eigenvalue weighted by Crippen LogP contribution is -2.20. The number of anilines is 4. The minimum Gasteiger partial charge on any atom is -0.488 e. The summed E-state index contributed by atoms with van der Waals surface area (Å²) in [5, 5.41) is 5.79. The van der Waals surface area contributed by atoms with Gasteiger partial charge in [0, 0.05) is 15.5 Å². The van der Waals surface area contributed by atoms with E-state index < -0.39 is 11.7 Å². The van der Waals surface area contributed by atoms with Gasteiger partial charge >= 0.3 is 6.18 Å². The molecule has 0 radical (unpaired) electrons. The summed E-state index contributed by atoms with van der Waals surface area (Å²) in [6.45, 7) is 0. The third-order valence-corrected chi connectivity index (χ3v) is 5.90. The van der Waals surface area contributed by atoms with Crippen LogP contribution in [-0.2, 0) is 6.18 Å². The van der Waals surface area contributed by atoms with Crippen molar-refractivity contribution < 1.29 is 17.9 Å². The molecule has 1 saturated carbocycles. The van der Waals surface area contributed by atoms with Crippen LogP contribution in [0.4, 0.5) is 36.3 Å². The molecule has 1 fully saturated rings. The van der Waals surface area contributed by atoms with Crippen molar-refractivity contribution >= 4 is 45.7 Å². The summed E-state index contributed by atoms with van der Waals surface area (Å²) >= 11 is 2.17. The molecule has 32 heavy (non-hydrogen) atoms. The Kier molecular flexibility index (Phi) is 7.02. The van der Waals surface area contributed by atoms with Crippen LogP contribution < -0.4 is 15.4 Å². The lowest BCUT2D eigenvalue weighted by molar-refractivity contribution is -0.137. The average Bonchev–Trinajstić information content (AvgIpc) is 2.77. The van der Waals surface area contributed by atoms with Crippen LogP contribution in [0.5, 0.6) is 5.75 Å². The molecular weight excluding hydrogens is 532 g/mol. The molecule has 0 saturated heterocycles. The van der Waals surface area contributed by atoms with Gasteiger partial charge in [0.25, 0.3) is 0 Å². The second kappa shape index (κ2) is 9.93. The summed E-state index contributed by atoms with van der Waals surface area (Å²) in [6.07, 6.45) is 1.51. The number of hydrogen-bond acceptors (Lipinski definition) is 5. The van der Waals surface area contributed by atoms with Gasteiger partial charge < -0.3 is 15.4 Å². The fourth-order valence-corrected chi connectivity index (χ4v) is 3.93. The van der Waals surface area contributed by atoms with E-state index >= 15 is 0 Å². The molecule has 3 aromatic rings. The number of alkyl halides is 3. The third-order valence-electron chi connectivity index (χ3n) is 5.18. The molecule has 1 aliphatic carbocycles. The largest absolute Gasteiger partial charge is 0.488 e. The van der Waals surface area contributed by atoms with Crippen LogP contribution in [0.2, 0.25) is 0 Å². The highest BCUT2D eigenvalue weighted by Crippen LogP contribution is 2.37. The first-order valence-electron chi connectivity index (χ1n) is 10.4. The van der Waals surface area contributed by atoms with Crippen LogP contribution in [0.25, 0.3) is 0 Å². The van der Waals surface area contributed by atoms with Gasteiger partial charge in [0.1, 0.15) is 17.1 Å². The Morgan fingerprint density at radius 3 is 2.38 bits per heavy atom. The van der Waals surface area contributed by atoms with Crippen molar-refractivity contribution in [1.29, 1.82) is 0 Å². The van der Waals surface area contributed by atoms with Crippen molar-refractivity contribution in [2.75, 3.05) is 10.6 Å². The zero-order valence-corrected chi connectivity index (χ0v) is 19.3. The topological polar surface area (TPSA) is 59.1 Å². The number of rotatable bonds is 6. The van der Waals surface area contributed by atoms with Gasteiger partial charge in [0.2, 0.25) is 5.95 Å². The number of ether oxygens (including phenoxy) is 1. The summed E-state index contributed by atoms with van der Waals surface area (Å²) in [4.78, 5) is 8.00. The number of para-hydroxylation sites is 2. The van der Waals surface area contributed by atoms with Crippen molar-refractivity contribution in [2.24, 2.45) is 0 Å². The van der Waals surface area contributed by atoms with E-state index in [0.29, 0.717) is 17.1 Å². The molecule has 0 aliphatic heterocycles. The lowest BCUT2D eigenvalue weighted by atomic mass is 9.98. The van der Waals surface area contributed by atoms with Gasteiger partial charge in [-0.2, -0.15) is 18.2 Å². The van der Waals surface area contributed by atoms with Gasteiger partial charge in [-0.3, -0.25) is 0 Å². The van der Waals surface area contributed by atoms with Crippen molar-refractivity contribution in [2.45, 2.75) is 44.4 Å². The Labute approximate surface area is 198 Å². The molecule has 0 amide bonds. The minimum atomic E-state index is -4.61. The first kappa shape index (κ1) is 22.6. The maximum absolute atomic E-state index is 13.7. The van der Waals surface area contributed by atoms with Crippen LogP contribution in [-0.4, -0.2) is 16.1 Å². The molecule has 4 rings (SSSR count). The normalized spacial score (nSPS) is 14.8. The molecule has 0 bridgehead atoms. The molecule has 5 nitrogen and oxygen atoms in total.